The average molecular weight is 444 g/mol. The average Bonchev–Trinajstić information content (AvgIpc) is 2.82. The number of ether oxygens (including phenoxy) is 1. The van der Waals surface area contributed by atoms with Crippen LogP contribution in [0.3, 0.4) is 0 Å². The van der Waals surface area contributed by atoms with Crippen molar-refractivity contribution in [3.63, 3.8) is 0 Å². The van der Waals surface area contributed by atoms with Crippen molar-refractivity contribution in [1.82, 2.24) is 4.90 Å². The van der Waals surface area contributed by atoms with E-state index in [0.29, 0.717) is 28.3 Å². The van der Waals surface area contributed by atoms with E-state index in [1.54, 1.807) is 55.5 Å². The zero-order chi connectivity index (χ0) is 23.5. The van der Waals surface area contributed by atoms with Crippen molar-refractivity contribution < 1.29 is 19.1 Å². The van der Waals surface area contributed by atoms with Crippen molar-refractivity contribution in [2.45, 2.75) is 18.9 Å². The highest BCUT2D eigenvalue weighted by Gasteiger charge is 2.42. The normalized spacial score (nSPS) is 17.2. The molecule has 1 heterocycles. The Labute approximate surface area is 192 Å². The van der Waals surface area contributed by atoms with Crippen molar-refractivity contribution in [2.75, 3.05) is 24.8 Å². The van der Waals surface area contributed by atoms with Gasteiger partial charge >= 0.3 is 0 Å². The van der Waals surface area contributed by atoms with E-state index in [1.807, 2.05) is 36.4 Å². The van der Waals surface area contributed by atoms with Crippen LogP contribution in [0.15, 0.2) is 72.8 Å². The fourth-order valence-electron chi connectivity index (χ4n) is 4.23. The van der Waals surface area contributed by atoms with Crippen molar-refractivity contribution in [3.05, 3.63) is 89.5 Å². The van der Waals surface area contributed by atoms with Gasteiger partial charge in [-0.3, -0.25) is 14.4 Å². The van der Waals surface area contributed by atoms with Gasteiger partial charge < -0.3 is 20.3 Å². The van der Waals surface area contributed by atoms with E-state index in [1.165, 1.54) is 6.92 Å². The van der Waals surface area contributed by atoms with Gasteiger partial charge in [-0.05, 0) is 53.6 Å². The van der Waals surface area contributed by atoms with Gasteiger partial charge in [-0.2, -0.15) is 0 Å². The van der Waals surface area contributed by atoms with E-state index < -0.39 is 12.0 Å². The molecule has 0 fully saturated rings. The number of hydrogen-bond donors (Lipinski definition) is 2. The molecule has 1 aliphatic rings. The Morgan fingerprint density at radius 2 is 1.48 bits per heavy atom. The van der Waals surface area contributed by atoms with E-state index >= 15 is 0 Å². The summed E-state index contributed by atoms with van der Waals surface area (Å²) in [5.41, 5.74) is 3.28. The fraction of sp³-hybridized carbons (Fsp3) is 0.192. The van der Waals surface area contributed by atoms with Crippen molar-refractivity contribution in [3.8, 4) is 5.75 Å². The van der Waals surface area contributed by atoms with Crippen molar-refractivity contribution >= 4 is 29.1 Å². The minimum absolute atomic E-state index is 0.130. The third-order valence-electron chi connectivity index (χ3n) is 5.79. The van der Waals surface area contributed by atoms with Gasteiger partial charge in [-0.15, -0.1) is 0 Å². The Morgan fingerprint density at radius 3 is 2.09 bits per heavy atom. The third-order valence-corrected chi connectivity index (χ3v) is 5.79. The van der Waals surface area contributed by atoms with Gasteiger partial charge in [0.2, 0.25) is 11.8 Å². The SMILES string of the molecule is COc1ccc(C2C(C(=O)Nc3ccc(NC(C)=O)cc3)c3ccccc3C(=O)N2C)cc1. The number of carbonyl (C=O) groups is 3. The predicted molar refractivity (Wildman–Crippen MR) is 126 cm³/mol. The lowest BCUT2D eigenvalue weighted by atomic mass is 9.79. The smallest absolute Gasteiger partial charge is 0.254 e. The van der Waals surface area contributed by atoms with E-state index in [0.717, 1.165) is 5.56 Å². The summed E-state index contributed by atoms with van der Waals surface area (Å²) in [5, 5.41) is 5.68. The molecule has 0 aliphatic carbocycles. The summed E-state index contributed by atoms with van der Waals surface area (Å²) in [7, 11) is 3.31. The summed E-state index contributed by atoms with van der Waals surface area (Å²) in [5.74, 6) is -0.442. The van der Waals surface area contributed by atoms with Crippen LogP contribution < -0.4 is 15.4 Å². The lowest BCUT2D eigenvalue weighted by Gasteiger charge is -2.39. The first kappa shape index (κ1) is 22.1. The summed E-state index contributed by atoms with van der Waals surface area (Å²) in [6.07, 6.45) is 0. The molecular weight excluding hydrogens is 418 g/mol. The maximum Gasteiger partial charge on any atom is 0.254 e. The van der Waals surface area contributed by atoms with Crippen LogP contribution in [0.5, 0.6) is 5.75 Å². The molecule has 1 aliphatic heterocycles. The molecule has 3 aromatic rings. The van der Waals surface area contributed by atoms with Crippen LogP contribution in [0, 0.1) is 0 Å². The van der Waals surface area contributed by atoms with Gasteiger partial charge in [0.1, 0.15) is 5.75 Å². The number of benzene rings is 3. The monoisotopic (exact) mass is 443 g/mol. The van der Waals surface area contributed by atoms with E-state index in [-0.39, 0.29) is 17.7 Å². The van der Waals surface area contributed by atoms with Gasteiger partial charge in [0.05, 0.1) is 19.1 Å². The van der Waals surface area contributed by atoms with Crippen molar-refractivity contribution in [2.24, 2.45) is 0 Å². The molecule has 7 nitrogen and oxygen atoms in total. The second-order valence-electron chi connectivity index (χ2n) is 7.95. The molecular formula is C26H25N3O4. The Hall–Kier alpha value is -4.13. The molecule has 0 saturated heterocycles. The molecule has 2 unspecified atom stereocenters. The van der Waals surface area contributed by atoms with Gasteiger partial charge in [0.15, 0.2) is 0 Å². The zero-order valence-electron chi connectivity index (χ0n) is 18.7. The minimum Gasteiger partial charge on any atom is -0.497 e. The maximum absolute atomic E-state index is 13.6. The summed E-state index contributed by atoms with van der Waals surface area (Å²) in [6.45, 7) is 1.44. The molecule has 3 amide bonds. The Kier molecular flexibility index (Phi) is 6.13. The molecule has 2 atom stereocenters. The molecule has 3 aromatic carbocycles. The number of methoxy groups -OCH3 is 1. The van der Waals surface area contributed by atoms with Crippen LogP contribution in [-0.4, -0.2) is 36.8 Å². The topological polar surface area (TPSA) is 87.7 Å². The summed E-state index contributed by atoms with van der Waals surface area (Å²) >= 11 is 0. The first-order chi connectivity index (χ1) is 15.9. The largest absolute Gasteiger partial charge is 0.497 e. The highest BCUT2D eigenvalue weighted by molar-refractivity contribution is 6.04. The lowest BCUT2D eigenvalue weighted by molar-refractivity contribution is -0.119. The predicted octanol–water partition coefficient (Wildman–Crippen LogP) is 4.20. The first-order valence-corrected chi connectivity index (χ1v) is 10.6. The van der Waals surface area contributed by atoms with Gasteiger partial charge in [0.25, 0.3) is 5.91 Å². The minimum atomic E-state index is -0.618. The second kappa shape index (κ2) is 9.16. The van der Waals surface area contributed by atoms with Crippen molar-refractivity contribution in [1.29, 1.82) is 0 Å². The highest BCUT2D eigenvalue weighted by atomic mass is 16.5. The first-order valence-electron chi connectivity index (χ1n) is 10.6. The molecule has 0 saturated carbocycles. The van der Waals surface area contributed by atoms with Crippen LogP contribution in [0.25, 0.3) is 0 Å². The van der Waals surface area contributed by atoms with Crippen LogP contribution in [0.4, 0.5) is 11.4 Å². The highest BCUT2D eigenvalue weighted by Crippen LogP contribution is 2.42. The number of carbonyl (C=O) groups excluding carboxylic acids is 3. The Balaban J connectivity index is 1.70. The Bertz CT molecular complexity index is 1190. The molecule has 7 heteroatoms. The molecule has 4 rings (SSSR count). The standard InChI is InChI=1S/C26H25N3O4/c1-16(30)27-18-10-12-19(13-11-18)28-25(31)23-21-6-4-5-7-22(21)26(32)29(2)24(23)17-8-14-20(33-3)15-9-17/h4-15,23-24H,1-3H3,(H,27,30)(H,28,31). The number of hydrogen-bond acceptors (Lipinski definition) is 4. The Morgan fingerprint density at radius 1 is 0.879 bits per heavy atom. The van der Waals surface area contributed by atoms with Crippen LogP contribution in [-0.2, 0) is 9.59 Å². The number of nitrogens with zero attached hydrogens (tertiary/aromatic N) is 1. The number of rotatable bonds is 5. The number of amides is 3. The molecule has 0 spiro atoms. The molecule has 0 bridgehead atoms. The molecule has 0 aromatic heterocycles. The summed E-state index contributed by atoms with van der Waals surface area (Å²) < 4.78 is 5.26. The van der Waals surface area contributed by atoms with Gasteiger partial charge in [-0.25, -0.2) is 0 Å². The third kappa shape index (κ3) is 4.43. The number of nitrogens with one attached hydrogen (secondary N) is 2. The van der Waals surface area contributed by atoms with E-state index in [9.17, 15) is 14.4 Å². The summed E-state index contributed by atoms with van der Waals surface area (Å²) in [6, 6.07) is 21.0. The molecule has 0 radical (unpaired) electrons. The number of anilines is 2. The quantitative estimate of drug-likeness (QED) is 0.619. The maximum atomic E-state index is 13.6. The van der Waals surface area contributed by atoms with E-state index in [4.69, 9.17) is 4.74 Å². The van der Waals surface area contributed by atoms with Gasteiger partial charge in [-0.1, -0.05) is 30.3 Å². The molecule has 33 heavy (non-hydrogen) atoms. The second-order valence-corrected chi connectivity index (χ2v) is 7.95. The van der Waals surface area contributed by atoms with Gasteiger partial charge in [0, 0.05) is 30.9 Å². The molecule has 168 valence electrons. The fourth-order valence-corrected chi connectivity index (χ4v) is 4.23. The number of fused-ring (bicyclic) bond motifs is 1. The summed E-state index contributed by atoms with van der Waals surface area (Å²) in [4.78, 5) is 39.6. The van der Waals surface area contributed by atoms with Crippen LogP contribution in [0.2, 0.25) is 0 Å². The zero-order valence-corrected chi connectivity index (χ0v) is 18.7. The lowest BCUT2D eigenvalue weighted by Crippen LogP contribution is -2.44. The van der Waals surface area contributed by atoms with Crippen LogP contribution >= 0.6 is 0 Å². The number of likely N-dealkylation sites (N-methyl/N-ethyl adjacent to an activating group) is 1. The van der Waals surface area contributed by atoms with E-state index in [2.05, 4.69) is 10.6 Å². The molecule has 2 N–H and O–H groups in total. The van der Waals surface area contributed by atoms with Crippen LogP contribution in [0.1, 0.15) is 40.4 Å².